The number of halogens is 2. The van der Waals surface area contributed by atoms with E-state index in [2.05, 4.69) is 5.16 Å². The molecule has 2 N–H and O–H groups in total. The first kappa shape index (κ1) is 10.8. The van der Waals surface area contributed by atoms with E-state index in [-0.39, 0.29) is 11.4 Å². The number of anilines is 1. The van der Waals surface area contributed by atoms with Gasteiger partial charge in [-0.3, -0.25) is 0 Å². The van der Waals surface area contributed by atoms with Gasteiger partial charge in [-0.1, -0.05) is 40.5 Å². The first-order valence-corrected chi connectivity index (χ1v) is 5.00. The van der Waals surface area contributed by atoms with E-state index in [1.807, 2.05) is 6.07 Å². The minimum absolute atomic E-state index is 0.0338. The molecule has 0 saturated heterocycles. The number of aromatic nitrogens is 1. The van der Waals surface area contributed by atoms with Gasteiger partial charge in [-0.25, -0.2) is 0 Å². The number of nitriles is 1. The molecule has 0 unspecified atom stereocenters. The third-order valence-electron chi connectivity index (χ3n) is 2.04. The molecule has 0 fully saturated rings. The minimum Gasteiger partial charge on any atom is -0.366 e. The molecule has 1 aromatic heterocycles. The summed E-state index contributed by atoms with van der Waals surface area (Å²) in [6, 6.07) is 6.94. The molecule has 6 heteroatoms. The van der Waals surface area contributed by atoms with Crippen LogP contribution in [-0.4, -0.2) is 5.16 Å². The average Bonchev–Trinajstić information content (AvgIpc) is 2.63. The molecular formula is C10H5Cl2N3O. The number of benzene rings is 1. The zero-order chi connectivity index (χ0) is 11.7. The third kappa shape index (κ3) is 1.60. The zero-order valence-corrected chi connectivity index (χ0v) is 9.38. The summed E-state index contributed by atoms with van der Waals surface area (Å²) in [7, 11) is 0. The molecule has 2 aromatic rings. The Kier molecular flexibility index (Phi) is 2.73. The standard InChI is InChI=1S/C10H5Cl2N3O/c11-7-3-1-2-5(8(7)12)9-6(4-13)10(14)16-15-9/h1-3H,14H2. The Morgan fingerprint density at radius 1 is 1.38 bits per heavy atom. The lowest BCUT2D eigenvalue weighted by molar-refractivity contribution is 0.439. The van der Waals surface area contributed by atoms with Crippen LogP contribution in [0, 0.1) is 11.3 Å². The van der Waals surface area contributed by atoms with Crippen LogP contribution in [0.2, 0.25) is 10.0 Å². The number of rotatable bonds is 1. The highest BCUT2D eigenvalue weighted by Crippen LogP contribution is 2.35. The Morgan fingerprint density at radius 2 is 2.12 bits per heavy atom. The first-order chi connectivity index (χ1) is 7.65. The van der Waals surface area contributed by atoms with Gasteiger partial charge in [-0.15, -0.1) is 0 Å². The summed E-state index contributed by atoms with van der Waals surface area (Å²) in [6.07, 6.45) is 0. The van der Waals surface area contributed by atoms with Crippen LogP contribution in [0.5, 0.6) is 0 Å². The van der Waals surface area contributed by atoms with Gasteiger partial charge in [0.2, 0.25) is 5.88 Å². The smallest absolute Gasteiger partial charge is 0.240 e. The largest absolute Gasteiger partial charge is 0.366 e. The number of hydrogen-bond donors (Lipinski definition) is 1. The molecule has 16 heavy (non-hydrogen) atoms. The maximum atomic E-state index is 8.90. The van der Waals surface area contributed by atoms with Crippen LogP contribution in [0.3, 0.4) is 0 Å². The van der Waals surface area contributed by atoms with Crippen LogP contribution in [-0.2, 0) is 0 Å². The van der Waals surface area contributed by atoms with Crippen molar-refractivity contribution in [3.8, 4) is 17.3 Å². The van der Waals surface area contributed by atoms with Crippen molar-refractivity contribution >= 4 is 29.1 Å². The van der Waals surface area contributed by atoms with E-state index in [4.69, 9.17) is 38.7 Å². The SMILES string of the molecule is N#Cc1c(-c2cccc(Cl)c2Cl)noc1N. The van der Waals surface area contributed by atoms with E-state index < -0.39 is 0 Å². The monoisotopic (exact) mass is 253 g/mol. The average molecular weight is 254 g/mol. The predicted molar refractivity (Wildman–Crippen MR) is 61.1 cm³/mol. The molecule has 0 aliphatic rings. The van der Waals surface area contributed by atoms with Crippen molar-refractivity contribution in [2.45, 2.75) is 0 Å². The van der Waals surface area contributed by atoms with E-state index in [1.54, 1.807) is 18.2 Å². The van der Waals surface area contributed by atoms with Crippen LogP contribution in [0.1, 0.15) is 5.56 Å². The lowest BCUT2D eigenvalue weighted by Crippen LogP contribution is -1.87. The highest BCUT2D eigenvalue weighted by Gasteiger charge is 2.18. The van der Waals surface area contributed by atoms with Gasteiger partial charge in [0.25, 0.3) is 0 Å². The Labute approximate surface area is 101 Å². The normalized spacial score (nSPS) is 10.1. The number of nitrogens with two attached hydrogens (primary N) is 1. The van der Waals surface area contributed by atoms with Crippen molar-refractivity contribution in [2.24, 2.45) is 0 Å². The Hall–Kier alpha value is -1.70. The second kappa shape index (κ2) is 4.05. The Bertz CT molecular complexity index is 586. The molecule has 0 radical (unpaired) electrons. The Morgan fingerprint density at radius 3 is 2.81 bits per heavy atom. The van der Waals surface area contributed by atoms with Crippen molar-refractivity contribution in [3.05, 3.63) is 33.8 Å². The lowest BCUT2D eigenvalue weighted by Gasteiger charge is -2.01. The van der Waals surface area contributed by atoms with Gasteiger partial charge in [0.15, 0.2) is 0 Å². The van der Waals surface area contributed by atoms with Crippen molar-refractivity contribution < 1.29 is 4.52 Å². The van der Waals surface area contributed by atoms with Crippen LogP contribution >= 0.6 is 23.2 Å². The molecule has 80 valence electrons. The van der Waals surface area contributed by atoms with Crippen LogP contribution < -0.4 is 5.73 Å². The maximum absolute atomic E-state index is 8.90. The molecule has 0 spiro atoms. The number of nitrogens with zero attached hydrogens (tertiary/aromatic N) is 2. The molecule has 0 aliphatic heterocycles. The van der Waals surface area contributed by atoms with Crippen LogP contribution in [0.4, 0.5) is 5.88 Å². The van der Waals surface area contributed by atoms with E-state index in [0.29, 0.717) is 21.3 Å². The summed E-state index contributed by atoms with van der Waals surface area (Å²) < 4.78 is 4.74. The van der Waals surface area contributed by atoms with Gasteiger partial charge < -0.3 is 10.3 Å². The number of hydrogen-bond acceptors (Lipinski definition) is 4. The van der Waals surface area contributed by atoms with Crippen molar-refractivity contribution in [1.82, 2.24) is 5.16 Å². The zero-order valence-electron chi connectivity index (χ0n) is 7.87. The Balaban J connectivity index is 2.69. The van der Waals surface area contributed by atoms with Gasteiger partial charge >= 0.3 is 0 Å². The minimum atomic E-state index is -0.0338. The highest BCUT2D eigenvalue weighted by molar-refractivity contribution is 6.43. The fourth-order valence-corrected chi connectivity index (χ4v) is 1.67. The van der Waals surface area contributed by atoms with E-state index >= 15 is 0 Å². The second-order valence-electron chi connectivity index (χ2n) is 2.98. The molecule has 0 amide bonds. The van der Waals surface area contributed by atoms with Crippen LogP contribution in [0.25, 0.3) is 11.3 Å². The molecule has 0 saturated carbocycles. The first-order valence-electron chi connectivity index (χ1n) is 4.24. The highest BCUT2D eigenvalue weighted by atomic mass is 35.5. The predicted octanol–water partition coefficient (Wildman–Crippen LogP) is 3.10. The molecule has 0 aliphatic carbocycles. The molecule has 4 nitrogen and oxygen atoms in total. The second-order valence-corrected chi connectivity index (χ2v) is 3.77. The number of nitrogen functional groups attached to an aromatic ring is 1. The lowest BCUT2D eigenvalue weighted by atomic mass is 10.1. The molecule has 0 bridgehead atoms. The third-order valence-corrected chi connectivity index (χ3v) is 2.86. The maximum Gasteiger partial charge on any atom is 0.240 e. The van der Waals surface area contributed by atoms with Crippen molar-refractivity contribution in [2.75, 3.05) is 5.73 Å². The van der Waals surface area contributed by atoms with E-state index in [9.17, 15) is 0 Å². The summed E-state index contributed by atoms with van der Waals surface area (Å²) in [4.78, 5) is 0. The van der Waals surface area contributed by atoms with Gasteiger partial charge in [-0.2, -0.15) is 5.26 Å². The molecule has 1 heterocycles. The summed E-state index contributed by atoms with van der Waals surface area (Å²) in [5.41, 5.74) is 6.42. The fraction of sp³-hybridized carbons (Fsp3) is 0. The summed E-state index contributed by atoms with van der Waals surface area (Å²) in [5, 5.41) is 13.3. The molecular weight excluding hydrogens is 249 g/mol. The van der Waals surface area contributed by atoms with Gasteiger partial charge in [0.1, 0.15) is 17.3 Å². The van der Waals surface area contributed by atoms with Gasteiger partial charge in [-0.05, 0) is 6.07 Å². The fourth-order valence-electron chi connectivity index (χ4n) is 1.28. The molecule has 0 atom stereocenters. The summed E-state index contributed by atoms with van der Waals surface area (Å²) in [6.45, 7) is 0. The summed E-state index contributed by atoms with van der Waals surface area (Å²) in [5.74, 6) is -0.0338. The van der Waals surface area contributed by atoms with Crippen molar-refractivity contribution in [3.63, 3.8) is 0 Å². The summed E-state index contributed by atoms with van der Waals surface area (Å²) >= 11 is 11.9. The van der Waals surface area contributed by atoms with Gasteiger partial charge in [0, 0.05) is 5.56 Å². The quantitative estimate of drug-likeness (QED) is 0.848. The van der Waals surface area contributed by atoms with Crippen LogP contribution in [0.15, 0.2) is 22.7 Å². The van der Waals surface area contributed by atoms with E-state index in [1.165, 1.54) is 0 Å². The van der Waals surface area contributed by atoms with Gasteiger partial charge in [0.05, 0.1) is 10.0 Å². The van der Waals surface area contributed by atoms with Crippen molar-refractivity contribution in [1.29, 1.82) is 5.26 Å². The topological polar surface area (TPSA) is 75.8 Å². The molecule has 2 rings (SSSR count). The molecule has 1 aromatic carbocycles. The van der Waals surface area contributed by atoms with E-state index in [0.717, 1.165) is 0 Å².